The molecule has 0 aromatic heterocycles. The maximum absolute atomic E-state index is 10.5. The van der Waals surface area contributed by atoms with Gasteiger partial charge in [0.2, 0.25) is 0 Å². The van der Waals surface area contributed by atoms with Crippen molar-refractivity contribution in [1.82, 2.24) is 10.6 Å². The SMILES string of the molecule is C/C=C/CCC(O)CNCCNC(C)C(=O)O. The predicted molar refractivity (Wildman–Crippen MR) is 68.0 cm³/mol. The van der Waals surface area contributed by atoms with Crippen LogP contribution >= 0.6 is 0 Å². The Morgan fingerprint density at radius 1 is 1.41 bits per heavy atom. The zero-order chi connectivity index (χ0) is 13.1. The van der Waals surface area contributed by atoms with E-state index in [0.29, 0.717) is 19.6 Å². The summed E-state index contributed by atoms with van der Waals surface area (Å²) in [5, 5.41) is 24.1. The summed E-state index contributed by atoms with van der Waals surface area (Å²) in [5.41, 5.74) is 0. The van der Waals surface area contributed by atoms with Crippen molar-refractivity contribution in [2.45, 2.75) is 38.8 Å². The molecule has 5 nitrogen and oxygen atoms in total. The van der Waals surface area contributed by atoms with E-state index in [0.717, 1.165) is 12.8 Å². The fourth-order valence-corrected chi connectivity index (χ4v) is 1.29. The zero-order valence-electron chi connectivity index (χ0n) is 10.6. The molecule has 0 amide bonds. The number of aliphatic carboxylic acids is 1. The van der Waals surface area contributed by atoms with E-state index in [4.69, 9.17) is 5.11 Å². The van der Waals surface area contributed by atoms with Crippen LogP contribution < -0.4 is 10.6 Å². The van der Waals surface area contributed by atoms with Gasteiger partial charge in [0.25, 0.3) is 0 Å². The van der Waals surface area contributed by atoms with E-state index in [1.165, 1.54) is 0 Å². The molecule has 0 aromatic rings. The van der Waals surface area contributed by atoms with Crippen molar-refractivity contribution in [3.05, 3.63) is 12.2 Å². The average molecular weight is 244 g/mol. The van der Waals surface area contributed by atoms with Crippen molar-refractivity contribution >= 4 is 5.97 Å². The van der Waals surface area contributed by atoms with Crippen molar-refractivity contribution in [1.29, 1.82) is 0 Å². The lowest BCUT2D eigenvalue weighted by molar-refractivity contribution is -0.138. The number of aliphatic hydroxyl groups excluding tert-OH is 1. The number of carboxylic acid groups (broad SMARTS) is 1. The minimum atomic E-state index is -0.851. The number of hydrogen-bond acceptors (Lipinski definition) is 4. The highest BCUT2D eigenvalue weighted by Gasteiger charge is 2.08. The summed E-state index contributed by atoms with van der Waals surface area (Å²) in [5.74, 6) is -0.851. The molecule has 0 rings (SSSR count). The first-order valence-corrected chi connectivity index (χ1v) is 6.04. The van der Waals surface area contributed by atoms with Crippen LogP contribution in [0.4, 0.5) is 0 Å². The molecular weight excluding hydrogens is 220 g/mol. The highest BCUT2D eigenvalue weighted by atomic mass is 16.4. The van der Waals surface area contributed by atoms with Crippen LogP contribution in [0.3, 0.4) is 0 Å². The zero-order valence-corrected chi connectivity index (χ0v) is 10.6. The van der Waals surface area contributed by atoms with E-state index in [1.807, 2.05) is 19.1 Å². The van der Waals surface area contributed by atoms with Gasteiger partial charge in [-0.15, -0.1) is 0 Å². The number of allylic oxidation sites excluding steroid dienone is 2. The van der Waals surface area contributed by atoms with Crippen molar-refractivity contribution in [2.75, 3.05) is 19.6 Å². The van der Waals surface area contributed by atoms with Crippen LogP contribution in [0.5, 0.6) is 0 Å². The second-order valence-corrected chi connectivity index (χ2v) is 4.02. The number of aliphatic hydroxyl groups is 1. The Morgan fingerprint density at radius 3 is 2.71 bits per heavy atom. The number of nitrogens with one attached hydrogen (secondary N) is 2. The molecule has 0 bridgehead atoms. The van der Waals surface area contributed by atoms with Gasteiger partial charge in [-0.3, -0.25) is 4.79 Å². The van der Waals surface area contributed by atoms with E-state index in [1.54, 1.807) is 6.92 Å². The molecule has 0 radical (unpaired) electrons. The lowest BCUT2D eigenvalue weighted by Gasteiger charge is -2.12. The number of carboxylic acids is 1. The average Bonchev–Trinajstić information content (AvgIpc) is 2.28. The lowest BCUT2D eigenvalue weighted by atomic mass is 10.2. The molecule has 0 aliphatic heterocycles. The van der Waals surface area contributed by atoms with Gasteiger partial charge in [0.1, 0.15) is 6.04 Å². The molecule has 0 fully saturated rings. The van der Waals surface area contributed by atoms with Crippen molar-refractivity contribution < 1.29 is 15.0 Å². The summed E-state index contributed by atoms with van der Waals surface area (Å²) >= 11 is 0. The molecule has 0 aliphatic rings. The smallest absolute Gasteiger partial charge is 0.320 e. The molecule has 5 heteroatoms. The summed E-state index contributed by atoms with van der Waals surface area (Å²) in [7, 11) is 0. The van der Waals surface area contributed by atoms with Crippen molar-refractivity contribution in [2.24, 2.45) is 0 Å². The third-order valence-electron chi connectivity index (χ3n) is 2.40. The monoisotopic (exact) mass is 244 g/mol. The van der Waals surface area contributed by atoms with Crippen molar-refractivity contribution in [3.8, 4) is 0 Å². The molecule has 0 spiro atoms. The molecule has 0 heterocycles. The Morgan fingerprint density at radius 2 is 2.12 bits per heavy atom. The van der Waals surface area contributed by atoms with Crippen LogP contribution in [0.1, 0.15) is 26.7 Å². The summed E-state index contributed by atoms with van der Waals surface area (Å²) < 4.78 is 0. The molecule has 100 valence electrons. The van der Waals surface area contributed by atoms with Crippen LogP contribution in [0.25, 0.3) is 0 Å². The fourth-order valence-electron chi connectivity index (χ4n) is 1.29. The summed E-state index contributed by atoms with van der Waals surface area (Å²) in [6.07, 6.45) is 5.28. The first-order valence-electron chi connectivity index (χ1n) is 6.04. The van der Waals surface area contributed by atoms with Gasteiger partial charge in [-0.05, 0) is 26.7 Å². The predicted octanol–water partition coefficient (Wildman–Crippen LogP) is 0.356. The normalized spacial score (nSPS) is 15.0. The van der Waals surface area contributed by atoms with Gasteiger partial charge in [-0.2, -0.15) is 0 Å². The highest BCUT2D eigenvalue weighted by Crippen LogP contribution is 1.96. The van der Waals surface area contributed by atoms with Gasteiger partial charge in [0.15, 0.2) is 0 Å². The van der Waals surface area contributed by atoms with E-state index in [9.17, 15) is 9.90 Å². The van der Waals surface area contributed by atoms with Crippen LogP contribution in [0.15, 0.2) is 12.2 Å². The first kappa shape index (κ1) is 16.1. The molecule has 2 atom stereocenters. The van der Waals surface area contributed by atoms with E-state index >= 15 is 0 Å². The van der Waals surface area contributed by atoms with Crippen LogP contribution in [-0.2, 0) is 4.79 Å². The van der Waals surface area contributed by atoms with Gasteiger partial charge in [-0.1, -0.05) is 12.2 Å². The minimum Gasteiger partial charge on any atom is -0.480 e. The van der Waals surface area contributed by atoms with E-state index in [-0.39, 0.29) is 6.10 Å². The molecule has 0 aromatic carbocycles. The van der Waals surface area contributed by atoms with Crippen molar-refractivity contribution in [3.63, 3.8) is 0 Å². The van der Waals surface area contributed by atoms with Gasteiger partial charge in [0, 0.05) is 19.6 Å². The maximum Gasteiger partial charge on any atom is 0.320 e. The van der Waals surface area contributed by atoms with Gasteiger partial charge >= 0.3 is 5.97 Å². The minimum absolute atomic E-state index is 0.344. The maximum atomic E-state index is 10.5. The molecular formula is C12H24N2O3. The Bertz CT molecular complexity index is 232. The molecule has 2 unspecified atom stereocenters. The summed E-state index contributed by atoms with van der Waals surface area (Å²) in [6, 6.07) is -0.531. The van der Waals surface area contributed by atoms with E-state index in [2.05, 4.69) is 10.6 Å². The number of rotatable bonds is 10. The number of carbonyl (C=O) groups is 1. The Hall–Kier alpha value is -0.910. The second kappa shape index (κ2) is 10.3. The van der Waals surface area contributed by atoms with Gasteiger partial charge < -0.3 is 20.8 Å². The van der Waals surface area contributed by atoms with E-state index < -0.39 is 12.0 Å². The lowest BCUT2D eigenvalue weighted by Crippen LogP contribution is -2.39. The Balaban J connectivity index is 3.35. The topological polar surface area (TPSA) is 81.6 Å². The third kappa shape index (κ3) is 9.99. The summed E-state index contributed by atoms with van der Waals surface area (Å²) in [6.45, 7) is 5.34. The molecule has 4 N–H and O–H groups in total. The molecule has 0 saturated carbocycles. The van der Waals surface area contributed by atoms with Crippen LogP contribution in [-0.4, -0.2) is 48.0 Å². The molecule has 17 heavy (non-hydrogen) atoms. The molecule has 0 aliphatic carbocycles. The Kier molecular flexibility index (Phi) is 9.71. The van der Waals surface area contributed by atoms with Gasteiger partial charge in [0.05, 0.1) is 6.10 Å². The number of hydrogen-bond donors (Lipinski definition) is 4. The summed E-state index contributed by atoms with van der Waals surface area (Å²) in [4.78, 5) is 10.5. The Labute approximate surface area is 103 Å². The fraction of sp³-hybridized carbons (Fsp3) is 0.750. The van der Waals surface area contributed by atoms with Crippen LogP contribution in [0, 0.1) is 0 Å². The van der Waals surface area contributed by atoms with Gasteiger partial charge in [-0.25, -0.2) is 0 Å². The second-order valence-electron chi connectivity index (χ2n) is 4.02. The first-order chi connectivity index (χ1) is 8.07. The standard InChI is InChI=1S/C12H24N2O3/c1-3-4-5-6-11(15)9-13-7-8-14-10(2)12(16)17/h3-4,10-11,13-15H,5-9H2,1-2H3,(H,16,17)/b4-3+. The largest absolute Gasteiger partial charge is 0.480 e. The highest BCUT2D eigenvalue weighted by molar-refractivity contribution is 5.72. The molecule has 0 saturated heterocycles. The quantitative estimate of drug-likeness (QED) is 0.329. The third-order valence-corrected chi connectivity index (χ3v) is 2.40. The van der Waals surface area contributed by atoms with Crippen LogP contribution in [0.2, 0.25) is 0 Å².